The van der Waals surface area contributed by atoms with Crippen LogP contribution in [0.5, 0.6) is 0 Å². The first-order chi connectivity index (χ1) is 12.9. The molecule has 1 saturated heterocycles. The normalized spacial score (nSPS) is 17.6. The van der Waals surface area contributed by atoms with Crippen LogP contribution in [0.25, 0.3) is 0 Å². The highest BCUT2D eigenvalue weighted by molar-refractivity contribution is 7.92. The van der Waals surface area contributed by atoms with Gasteiger partial charge in [0.2, 0.25) is 5.91 Å². The van der Waals surface area contributed by atoms with Crippen molar-refractivity contribution in [2.24, 2.45) is 5.92 Å². The number of piperidine rings is 1. The molecule has 3 rings (SSSR count). The van der Waals surface area contributed by atoms with E-state index in [0.717, 1.165) is 17.1 Å². The lowest BCUT2D eigenvalue weighted by Gasteiger charge is -2.33. The van der Waals surface area contributed by atoms with E-state index in [4.69, 9.17) is 0 Å². The van der Waals surface area contributed by atoms with Gasteiger partial charge in [-0.25, -0.2) is 12.8 Å². The monoisotopic (exact) mass is 390 g/mol. The zero-order chi connectivity index (χ0) is 19.4. The molecule has 1 atom stereocenters. The van der Waals surface area contributed by atoms with Crippen LogP contribution in [-0.4, -0.2) is 38.9 Å². The molecule has 5 nitrogen and oxygen atoms in total. The summed E-state index contributed by atoms with van der Waals surface area (Å²) in [5, 5.41) is 0. The Bertz CT molecular complexity index is 885. The first kappa shape index (κ1) is 19.4. The lowest BCUT2D eigenvalue weighted by molar-refractivity contribution is -0.131. The summed E-state index contributed by atoms with van der Waals surface area (Å²) in [5.74, 6) is -0.315. The molecular weight excluding hydrogens is 367 g/mol. The van der Waals surface area contributed by atoms with E-state index >= 15 is 0 Å². The minimum atomic E-state index is -3.95. The summed E-state index contributed by atoms with van der Waals surface area (Å²) in [6.07, 6.45) is 1.97. The molecule has 0 bridgehead atoms. The summed E-state index contributed by atoms with van der Waals surface area (Å²) in [6, 6.07) is 13.1. The third-order valence-electron chi connectivity index (χ3n) is 4.73. The highest BCUT2D eigenvalue weighted by atomic mass is 32.2. The van der Waals surface area contributed by atoms with E-state index in [-0.39, 0.29) is 23.0 Å². The standard InChI is InChI=1S/C20H23FN2O3S/c1-16-6-5-13-22(14-16)20(24)15-23(18-11-9-17(21)10-12-18)27(25,26)19-7-3-2-4-8-19/h2-4,7-12,16H,5-6,13-15H2,1H3/t16-/m1/s1. The average Bonchev–Trinajstić information content (AvgIpc) is 2.67. The van der Waals surface area contributed by atoms with Crippen molar-refractivity contribution in [3.8, 4) is 0 Å². The number of carbonyl (C=O) groups excluding carboxylic acids is 1. The Morgan fingerprint density at radius 2 is 1.81 bits per heavy atom. The SMILES string of the molecule is C[C@@H]1CCCN(C(=O)CN(c2ccc(F)cc2)S(=O)(=O)c2ccccc2)C1. The first-order valence-corrected chi connectivity index (χ1v) is 10.4. The van der Waals surface area contributed by atoms with Crippen molar-refractivity contribution in [2.45, 2.75) is 24.7 Å². The van der Waals surface area contributed by atoms with Gasteiger partial charge < -0.3 is 4.90 Å². The van der Waals surface area contributed by atoms with E-state index in [2.05, 4.69) is 6.92 Å². The number of amides is 1. The number of hydrogen-bond acceptors (Lipinski definition) is 3. The molecule has 1 aliphatic rings. The molecule has 0 unspecified atom stereocenters. The van der Waals surface area contributed by atoms with Crippen LogP contribution in [0.1, 0.15) is 19.8 Å². The van der Waals surface area contributed by atoms with Gasteiger partial charge in [-0.15, -0.1) is 0 Å². The number of carbonyl (C=O) groups is 1. The molecule has 1 fully saturated rings. The molecule has 2 aromatic rings. The second kappa shape index (κ2) is 8.08. The Morgan fingerprint density at radius 3 is 2.44 bits per heavy atom. The van der Waals surface area contributed by atoms with Gasteiger partial charge in [0, 0.05) is 13.1 Å². The fourth-order valence-corrected chi connectivity index (χ4v) is 4.72. The zero-order valence-corrected chi connectivity index (χ0v) is 16.0. The second-order valence-corrected chi connectivity index (χ2v) is 8.75. The molecule has 0 spiro atoms. The van der Waals surface area contributed by atoms with Crippen LogP contribution in [-0.2, 0) is 14.8 Å². The van der Waals surface area contributed by atoms with Crippen LogP contribution in [0.3, 0.4) is 0 Å². The van der Waals surface area contributed by atoms with E-state index < -0.39 is 15.8 Å². The number of likely N-dealkylation sites (tertiary alicyclic amines) is 1. The fraction of sp³-hybridized carbons (Fsp3) is 0.350. The van der Waals surface area contributed by atoms with Crippen LogP contribution in [0.2, 0.25) is 0 Å². The largest absolute Gasteiger partial charge is 0.341 e. The average molecular weight is 390 g/mol. The van der Waals surface area contributed by atoms with Gasteiger partial charge in [-0.05, 0) is 55.2 Å². The topological polar surface area (TPSA) is 57.7 Å². The van der Waals surface area contributed by atoms with Crippen molar-refractivity contribution < 1.29 is 17.6 Å². The third kappa shape index (κ3) is 4.47. The predicted octanol–water partition coefficient (Wildman–Crippen LogP) is 3.28. The number of anilines is 1. The van der Waals surface area contributed by atoms with Crippen LogP contribution >= 0.6 is 0 Å². The summed E-state index contributed by atoms with van der Waals surface area (Å²) in [4.78, 5) is 14.6. The summed E-state index contributed by atoms with van der Waals surface area (Å²) in [6.45, 7) is 3.03. The first-order valence-electron chi connectivity index (χ1n) is 8.99. The number of rotatable bonds is 5. The van der Waals surface area contributed by atoms with Crippen molar-refractivity contribution in [1.29, 1.82) is 0 Å². The molecule has 1 aliphatic heterocycles. The van der Waals surface area contributed by atoms with Crippen molar-refractivity contribution in [3.63, 3.8) is 0 Å². The molecule has 0 radical (unpaired) electrons. The van der Waals surface area contributed by atoms with Crippen LogP contribution < -0.4 is 4.31 Å². The molecule has 27 heavy (non-hydrogen) atoms. The van der Waals surface area contributed by atoms with Crippen molar-refractivity contribution >= 4 is 21.6 Å². The molecule has 7 heteroatoms. The van der Waals surface area contributed by atoms with E-state index in [1.54, 1.807) is 23.1 Å². The third-order valence-corrected chi connectivity index (χ3v) is 6.52. The zero-order valence-electron chi connectivity index (χ0n) is 15.2. The smallest absolute Gasteiger partial charge is 0.264 e. The molecule has 2 aromatic carbocycles. The van der Waals surface area contributed by atoms with Crippen molar-refractivity contribution in [2.75, 3.05) is 23.9 Å². The van der Waals surface area contributed by atoms with Crippen LogP contribution in [0.15, 0.2) is 59.5 Å². The fourth-order valence-electron chi connectivity index (χ4n) is 3.28. The number of halogens is 1. The van der Waals surface area contributed by atoms with E-state index in [9.17, 15) is 17.6 Å². The lowest BCUT2D eigenvalue weighted by Crippen LogP contribution is -2.46. The number of benzene rings is 2. The lowest BCUT2D eigenvalue weighted by atomic mass is 10.0. The van der Waals surface area contributed by atoms with Crippen molar-refractivity contribution in [1.82, 2.24) is 4.90 Å². The maximum Gasteiger partial charge on any atom is 0.264 e. The van der Waals surface area contributed by atoms with E-state index in [1.165, 1.54) is 36.4 Å². The molecule has 1 heterocycles. The van der Waals surface area contributed by atoms with Crippen LogP contribution in [0.4, 0.5) is 10.1 Å². The Hall–Kier alpha value is -2.41. The van der Waals surface area contributed by atoms with Gasteiger partial charge in [0.25, 0.3) is 10.0 Å². The van der Waals surface area contributed by atoms with Crippen LogP contribution in [0, 0.1) is 11.7 Å². The molecule has 0 N–H and O–H groups in total. The minimum absolute atomic E-state index is 0.0918. The Balaban J connectivity index is 1.93. The van der Waals surface area contributed by atoms with E-state index in [0.29, 0.717) is 19.0 Å². The van der Waals surface area contributed by atoms with Gasteiger partial charge in [0.05, 0.1) is 10.6 Å². The maximum atomic E-state index is 13.3. The number of hydrogen-bond donors (Lipinski definition) is 0. The molecular formula is C20H23FN2O3S. The molecule has 0 saturated carbocycles. The molecule has 0 aliphatic carbocycles. The summed E-state index contributed by atoms with van der Waals surface area (Å²) < 4.78 is 40.7. The van der Waals surface area contributed by atoms with Gasteiger partial charge in [-0.1, -0.05) is 25.1 Å². The summed E-state index contributed by atoms with van der Waals surface area (Å²) in [7, 11) is -3.95. The molecule has 0 aromatic heterocycles. The Labute approximate surface area is 159 Å². The summed E-state index contributed by atoms with van der Waals surface area (Å²) in [5.41, 5.74) is 0.263. The Kier molecular flexibility index (Phi) is 5.79. The van der Waals surface area contributed by atoms with Gasteiger partial charge >= 0.3 is 0 Å². The maximum absolute atomic E-state index is 13.3. The highest BCUT2D eigenvalue weighted by Gasteiger charge is 2.30. The molecule has 1 amide bonds. The number of nitrogens with zero attached hydrogens (tertiary/aromatic N) is 2. The van der Waals surface area contributed by atoms with E-state index in [1.807, 2.05) is 0 Å². The quantitative estimate of drug-likeness (QED) is 0.787. The second-order valence-electron chi connectivity index (χ2n) is 6.89. The van der Waals surface area contributed by atoms with Gasteiger partial charge in [-0.3, -0.25) is 9.10 Å². The summed E-state index contributed by atoms with van der Waals surface area (Å²) >= 11 is 0. The van der Waals surface area contributed by atoms with Gasteiger partial charge in [0.15, 0.2) is 0 Å². The highest BCUT2D eigenvalue weighted by Crippen LogP contribution is 2.25. The number of sulfonamides is 1. The van der Waals surface area contributed by atoms with Gasteiger partial charge in [0.1, 0.15) is 12.4 Å². The predicted molar refractivity (Wildman–Crippen MR) is 102 cm³/mol. The molecule has 144 valence electrons. The van der Waals surface area contributed by atoms with Gasteiger partial charge in [-0.2, -0.15) is 0 Å². The minimum Gasteiger partial charge on any atom is -0.341 e. The Morgan fingerprint density at radius 1 is 1.15 bits per heavy atom. The van der Waals surface area contributed by atoms with Crippen molar-refractivity contribution in [3.05, 3.63) is 60.4 Å².